The summed E-state index contributed by atoms with van der Waals surface area (Å²) in [7, 11) is 0. The van der Waals surface area contributed by atoms with Crippen LogP contribution < -0.4 is 0 Å². The molecule has 2 aliphatic heterocycles. The molecule has 0 radical (unpaired) electrons. The van der Waals surface area contributed by atoms with Gasteiger partial charge in [-0.3, -0.25) is 0 Å². The van der Waals surface area contributed by atoms with Gasteiger partial charge in [0, 0.05) is 22.6 Å². The summed E-state index contributed by atoms with van der Waals surface area (Å²) < 4.78 is 10.4. The van der Waals surface area contributed by atoms with Crippen LogP contribution >= 0.6 is 0 Å². The van der Waals surface area contributed by atoms with E-state index >= 15 is 0 Å². The molecule has 2 fully saturated rings. The number of carbonyl (C=O) groups is 2. The second-order valence-corrected chi connectivity index (χ2v) is 8.47. The monoisotopic (exact) mass is 346 g/mol. The maximum Gasteiger partial charge on any atom is 0.334 e. The summed E-state index contributed by atoms with van der Waals surface area (Å²) in [4.78, 5) is 23.6. The van der Waals surface area contributed by atoms with Crippen molar-refractivity contribution in [1.82, 2.24) is 0 Å². The lowest BCUT2D eigenvalue weighted by molar-refractivity contribution is -0.136. The molecule has 1 saturated heterocycles. The number of aliphatic hydroxyl groups is 1. The van der Waals surface area contributed by atoms with Crippen molar-refractivity contribution >= 4 is 11.9 Å². The Morgan fingerprint density at radius 1 is 1.32 bits per heavy atom. The Kier molecular flexibility index (Phi) is 3.83. The predicted octanol–water partition coefficient (Wildman–Crippen LogP) is 2.54. The van der Waals surface area contributed by atoms with E-state index in [9.17, 15) is 14.7 Å². The molecule has 1 N–H and O–H groups in total. The average molecular weight is 346 g/mol. The molecule has 1 spiro atoms. The fourth-order valence-electron chi connectivity index (χ4n) is 5.76. The van der Waals surface area contributed by atoms with Crippen molar-refractivity contribution in [2.24, 2.45) is 22.7 Å². The molecule has 0 amide bonds. The van der Waals surface area contributed by atoms with E-state index in [2.05, 4.69) is 19.9 Å². The molecule has 0 bridgehead atoms. The minimum Gasteiger partial charge on any atom is -0.461 e. The highest BCUT2D eigenvalue weighted by molar-refractivity contribution is 5.92. The van der Waals surface area contributed by atoms with Crippen LogP contribution in [-0.4, -0.2) is 36.4 Å². The number of carbonyl (C=O) groups excluding carboxylic acids is 2. The maximum absolute atomic E-state index is 12.2. The first-order chi connectivity index (χ1) is 11.9. The molecule has 4 aliphatic rings. The first-order valence-electron chi connectivity index (χ1n) is 9.30. The molecule has 5 nitrogen and oxygen atoms in total. The highest BCUT2D eigenvalue weighted by atomic mass is 16.5. The van der Waals surface area contributed by atoms with Gasteiger partial charge in [0.2, 0.25) is 0 Å². The molecule has 5 atom stereocenters. The van der Waals surface area contributed by atoms with Crippen LogP contribution in [0, 0.1) is 22.7 Å². The smallest absolute Gasteiger partial charge is 0.334 e. The van der Waals surface area contributed by atoms with E-state index < -0.39 is 6.10 Å². The van der Waals surface area contributed by atoms with E-state index in [-0.39, 0.29) is 29.4 Å². The van der Waals surface area contributed by atoms with Crippen LogP contribution in [0.5, 0.6) is 0 Å². The van der Waals surface area contributed by atoms with Crippen molar-refractivity contribution in [3.63, 3.8) is 0 Å². The zero-order valence-corrected chi connectivity index (χ0v) is 14.9. The molecule has 0 unspecified atom stereocenters. The van der Waals surface area contributed by atoms with Gasteiger partial charge in [-0.2, -0.15) is 0 Å². The van der Waals surface area contributed by atoms with Gasteiger partial charge in [-0.05, 0) is 49.4 Å². The molecular formula is C20H26O5. The molecule has 0 aromatic heterocycles. The summed E-state index contributed by atoms with van der Waals surface area (Å²) in [5.41, 5.74) is 1.24. The second kappa shape index (κ2) is 5.70. The quantitative estimate of drug-likeness (QED) is 0.795. The Morgan fingerprint density at radius 2 is 2.12 bits per heavy atom. The molecule has 0 aromatic rings. The molecule has 2 heterocycles. The molecule has 1 saturated carbocycles. The van der Waals surface area contributed by atoms with Crippen LogP contribution in [0.15, 0.2) is 23.3 Å². The molecule has 2 aliphatic carbocycles. The van der Waals surface area contributed by atoms with Gasteiger partial charge in [-0.25, -0.2) is 9.59 Å². The van der Waals surface area contributed by atoms with Crippen LogP contribution in [0.25, 0.3) is 0 Å². The number of aliphatic hydroxyl groups excluding tert-OH is 1. The van der Waals surface area contributed by atoms with Gasteiger partial charge < -0.3 is 14.6 Å². The first-order valence-corrected chi connectivity index (χ1v) is 9.30. The van der Waals surface area contributed by atoms with Gasteiger partial charge in [0.05, 0.1) is 6.10 Å². The van der Waals surface area contributed by atoms with Crippen LogP contribution in [0.4, 0.5) is 0 Å². The number of allylic oxidation sites excluding steroid dienone is 1. The van der Waals surface area contributed by atoms with E-state index in [1.165, 1.54) is 6.08 Å². The van der Waals surface area contributed by atoms with Gasteiger partial charge >= 0.3 is 11.9 Å². The number of rotatable bonds is 3. The largest absolute Gasteiger partial charge is 0.461 e. The van der Waals surface area contributed by atoms with Gasteiger partial charge in [0.15, 0.2) is 0 Å². The average Bonchev–Trinajstić information content (AvgIpc) is 3.16. The van der Waals surface area contributed by atoms with Gasteiger partial charge in [0.25, 0.3) is 0 Å². The predicted molar refractivity (Wildman–Crippen MR) is 90.4 cm³/mol. The van der Waals surface area contributed by atoms with Gasteiger partial charge in [-0.1, -0.05) is 19.9 Å². The van der Waals surface area contributed by atoms with Crippen LogP contribution in [0.3, 0.4) is 0 Å². The summed E-state index contributed by atoms with van der Waals surface area (Å²) in [6.07, 6.45) is 7.30. The summed E-state index contributed by atoms with van der Waals surface area (Å²) in [6, 6.07) is 0. The Balaban J connectivity index is 1.65. The molecular weight excluding hydrogens is 320 g/mol. The molecule has 25 heavy (non-hydrogen) atoms. The van der Waals surface area contributed by atoms with Gasteiger partial charge in [0.1, 0.15) is 13.2 Å². The third-order valence-corrected chi connectivity index (χ3v) is 7.38. The number of ether oxygens (including phenoxy) is 2. The Labute approximate surface area is 148 Å². The summed E-state index contributed by atoms with van der Waals surface area (Å²) >= 11 is 0. The van der Waals surface area contributed by atoms with E-state index in [1.807, 2.05) is 0 Å². The highest BCUT2D eigenvalue weighted by Gasteiger charge is 2.61. The first kappa shape index (κ1) is 16.8. The Bertz CT molecular complexity index is 678. The maximum atomic E-state index is 12.2. The fourth-order valence-corrected chi connectivity index (χ4v) is 5.76. The zero-order valence-electron chi connectivity index (χ0n) is 14.9. The lowest BCUT2D eigenvalue weighted by atomic mass is 9.46. The molecule has 5 heteroatoms. The summed E-state index contributed by atoms with van der Waals surface area (Å²) in [6.45, 7) is 5.16. The van der Waals surface area contributed by atoms with Crippen molar-refractivity contribution in [3.05, 3.63) is 23.3 Å². The zero-order chi connectivity index (χ0) is 17.8. The van der Waals surface area contributed by atoms with Crippen LogP contribution in [0.1, 0.15) is 46.0 Å². The highest BCUT2D eigenvalue weighted by Crippen LogP contribution is 2.63. The number of esters is 2. The standard InChI is InChI=1S/C20H26O5/c1-12-6-7-20-11-25-18(23)14(20)4-3-5-16(20)19(12,2)9-15(21)13-8-17(22)24-10-13/h4,8,12,15-16,21H,3,5-7,9-11H2,1-2H3/t12-,15-,16+,19-,20+/m1/s1. The lowest BCUT2D eigenvalue weighted by Crippen LogP contribution is -2.52. The molecule has 4 rings (SSSR count). The minimum absolute atomic E-state index is 0.113. The topological polar surface area (TPSA) is 72.8 Å². The molecule has 136 valence electrons. The third kappa shape index (κ3) is 2.39. The minimum atomic E-state index is -0.679. The fraction of sp³-hybridized carbons (Fsp3) is 0.700. The lowest BCUT2D eigenvalue weighted by Gasteiger charge is -2.57. The number of hydrogen-bond acceptors (Lipinski definition) is 5. The van der Waals surface area contributed by atoms with Crippen molar-refractivity contribution < 1.29 is 24.2 Å². The Hall–Kier alpha value is -1.62. The van der Waals surface area contributed by atoms with Crippen molar-refractivity contribution in [3.8, 4) is 0 Å². The van der Waals surface area contributed by atoms with Crippen LogP contribution in [0.2, 0.25) is 0 Å². The van der Waals surface area contributed by atoms with E-state index in [0.717, 1.165) is 31.3 Å². The van der Waals surface area contributed by atoms with Gasteiger partial charge in [-0.15, -0.1) is 0 Å². The van der Waals surface area contributed by atoms with Crippen molar-refractivity contribution in [2.75, 3.05) is 13.2 Å². The van der Waals surface area contributed by atoms with E-state index in [4.69, 9.17) is 9.47 Å². The van der Waals surface area contributed by atoms with Crippen molar-refractivity contribution in [2.45, 2.75) is 52.1 Å². The SMILES string of the molecule is C[C@@H]1CC[C@]23COC(=O)C2=CCC[C@H]3[C@]1(C)C[C@@H](O)C1=CC(=O)OC1. The van der Waals surface area contributed by atoms with Crippen LogP contribution in [-0.2, 0) is 19.1 Å². The summed E-state index contributed by atoms with van der Waals surface area (Å²) in [5, 5.41) is 10.8. The normalized spacial score (nSPS) is 41.2. The Morgan fingerprint density at radius 3 is 2.84 bits per heavy atom. The molecule has 0 aromatic carbocycles. The number of cyclic esters (lactones) is 2. The van der Waals surface area contributed by atoms with E-state index in [1.54, 1.807) is 0 Å². The number of hydrogen-bond donors (Lipinski definition) is 1. The summed E-state index contributed by atoms with van der Waals surface area (Å²) in [5.74, 6) is 0.222. The van der Waals surface area contributed by atoms with Crippen molar-refractivity contribution in [1.29, 1.82) is 0 Å². The second-order valence-electron chi connectivity index (χ2n) is 8.47. The third-order valence-electron chi connectivity index (χ3n) is 7.38. The van der Waals surface area contributed by atoms with E-state index in [0.29, 0.717) is 30.4 Å².